The normalized spacial score (nSPS) is 18.8. The van der Waals surface area contributed by atoms with E-state index in [4.69, 9.17) is 0 Å². The first kappa shape index (κ1) is 16.4. The third-order valence-electron chi connectivity index (χ3n) is 4.55. The molecule has 0 aliphatic carbocycles. The Balaban J connectivity index is 2.29. The van der Waals surface area contributed by atoms with Gasteiger partial charge >= 0.3 is 0 Å². The maximum Gasteiger partial charge on any atom is 0.262 e. The first-order valence-electron chi connectivity index (χ1n) is 8.21. The lowest BCUT2D eigenvalue weighted by Gasteiger charge is -2.27. The molecular weight excluding hydrogens is 302 g/mol. The Morgan fingerprint density at radius 1 is 1.29 bits per heavy atom. The van der Waals surface area contributed by atoms with E-state index in [-0.39, 0.29) is 16.9 Å². The first-order valence-corrected chi connectivity index (χ1v) is 8.21. The van der Waals surface area contributed by atoms with Gasteiger partial charge in [-0.05, 0) is 36.8 Å². The van der Waals surface area contributed by atoms with Crippen LogP contribution in [0.3, 0.4) is 0 Å². The zero-order chi connectivity index (χ0) is 17.6. The molecule has 1 saturated heterocycles. The summed E-state index contributed by atoms with van der Waals surface area (Å²) < 4.78 is 1.54. The summed E-state index contributed by atoms with van der Waals surface area (Å²) in [5.41, 5.74) is 2.01. The summed E-state index contributed by atoms with van der Waals surface area (Å²) in [4.78, 5) is 30.2. The Bertz CT molecular complexity index is 903. The molecule has 126 valence electrons. The van der Waals surface area contributed by atoms with Crippen LogP contribution in [0.1, 0.15) is 51.0 Å². The number of piperidine rings is 1. The van der Waals surface area contributed by atoms with Crippen molar-refractivity contribution in [2.45, 2.75) is 52.0 Å². The van der Waals surface area contributed by atoms with Crippen LogP contribution >= 0.6 is 0 Å². The molecule has 1 aliphatic heterocycles. The highest BCUT2D eigenvalue weighted by atomic mass is 16.2. The van der Waals surface area contributed by atoms with Crippen molar-refractivity contribution in [1.82, 2.24) is 14.9 Å². The van der Waals surface area contributed by atoms with Gasteiger partial charge in [-0.15, -0.1) is 0 Å². The number of aryl methyl sites for hydroxylation is 1. The summed E-state index contributed by atoms with van der Waals surface area (Å²) in [5.74, 6) is 0.372. The Morgan fingerprint density at radius 3 is 2.62 bits per heavy atom. The van der Waals surface area contributed by atoms with Gasteiger partial charge in [-0.3, -0.25) is 14.2 Å². The zero-order valence-corrected chi connectivity index (χ0v) is 14.6. The number of rotatable bonds is 1. The number of amides is 1. The number of nitrogens with one attached hydrogen (secondary N) is 1. The van der Waals surface area contributed by atoms with Crippen molar-refractivity contribution >= 4 is 16.8 Å². The van der Waals surface area contributed by atoms with Crippen LogP contribution in [0, 0.1) is 6.92 Å². The van der Waals surface area contributed by atoms with Gasteiger partial charge in [0.25, 0.3) is 5.56 Å². The summed E-state index contributed by atoms with van der Waals surface area (Å²) in [6.45, 7) is 11.8. The predicted octanol–water partition coefficient (Wildman–Crippen LogP) is 2.97. The monoisotopic (exact) mass is 325 g/mol. The van der Waals surface area contributed by atoms with E-state index in [0.29, 0.717) is 35.3 Å². The van der Waals surface area contributed by atoms with Crippen LogP contribution in [0.4, 0.5) is 0 Å². The number of aromatic nitrogens is 2. The lowest BCUT2D eigenvalue weighted by molar-refractivity contribution is -0.124. The Kier molecular flexibility index (Phi) is 3.82. The molecule has 2 aromatic rings. The molecule has 5 heteroatoms. The average molecular weight is 325 g/mol. The van der Waals surface area contributed by atoms with E-state index in [1.807, 2.05) is 18.2 Å². The van der Waals surface area contributed by atoms with Gasteiger partial charge in [0, 0.05) is 5.70 Å². The van der Waals surface area contributed by atoms with Gasteiger partial charge in [-0.2, -0.15) is 0 Å². The van der Waals surface area contributed by atoms with Crippen LogP contribution in [-0.2, 0) is 10.2 Å². The molecule has 0 saturated carbocycles. The van der Waals surface area contributed by atoms with E-state index < -0.39 is 6.04 Å². The van der Waals surface area contributed by atoms with E-state index in [2.05, 4.69) is 37.7 Å². The number of allylic oxidation sites excluding steroid dienone is 1. The predicted molar refractivity (Wildman–Crippen MR) is 95.0 cm³/mol. The SMILES string of the molecule is C=C1CCC(n2c(C)nc3cccc(C(C)(C)C)c3c2=O)C(=O)N1. The molecule has 5 nitrogen and oxygen atoms in total. The Labute approximate surface area is 141 Å². The van der Waals surface area contributed by atoms with Crippen LogP contribution in [0.2, 0.25) is 0 Å². The molecule has 0 spiro atoms. The van der Waals surface area contributed by atoms with Crippen LogP contribution < -0.4 is 10.9 Å². The molecule has 1 aromatic carbocycles. The molecular formula is C19H23N3O2. The van der Waals surface area contributed by atoms with Crippen molar-refractivity contribution in [3.8, 4) is 0 Å². The van der Waals surface area contributed by atoms with Gasteiger partial charge in [0.15, 0.2) is 0 Å². The summed E-state index contributed by atoms with van der Waals surface area (Å²) in [5, 5.41) is 3.36. The molecule has 1 amide bonds. The third kappa shape index (κ3) is 2.64. The fourth-order valence-electron chi connectivity index (χ4n) is 3.35. The quantitative estimate of drug-likeness (QED) is 0.877. The van der Waals surface area contributed by atoms with E-state index in [1.165, 1.54) is 0 Å². The molecule has 1 unspecified atom stereocenters. The third-order valence-corrected chi connectivity index (χ3v) is 4.55. The van der Waals surface area contributed by atoms with E-state index in [9.17, 15) is 9.59 Å². The largest absolute Gasteiger partial charge is 0.329 e. The minimum Gasteiger partial charge on any atom is -0.329 e. The fraction of sp³-hybridized carbons (Fsp3) is 0.421. The molecule has 1 aromatic heterocycles. The molecule has 0 bridgehead atoms. The van der Waals surface area contributed by atoms with E-state index in [0.717, 1.165) is 5.56 Å². The second-order valence-corrected chi connectivity index (χ2v) is 7.43. The number of fused-ring (bicyclic) bond motifs is 1. The van der Waals surface area contributed by atoms with Crippen molar-refractivity contribution in [2.24, 2.45) is 0 Å². The number of nitrogens with zero attached hydrogens (tertiary/aromatic N) is 2. The average Bonchev–Trinajstić information content (AvgIpc) is 2.47. The smallest absolute Gasteiger partial charge is 0.262 e. The minimum absolute atomic E-state index is 0.143. The molecule has 1 atom stereocenters. The van der Waals surface area contributed by atoms with Gasteiger partial charge in [0.1, 0.15) is 11.9 Å². The lowest BCUT2D eigenvalue weighted by atomic mass is 9.84. The number of hydrogen-bond donors (Lipinski definition) is 1. The zero-order valence-electron chi connectivity index (χ0n) is 14.6. The van der Waals surface area contributed by atoms with Crippen LogP contribution in [-0.4, -0.2) is 15.5 Å². The van der Waals surface area contributed by atoms with Crippen molar-refractivity contribution in [2.75, 3.05) is 0 Å². The number of benzene rings is 1. The van der Waals surface area contributed by atoms with Crippen molar-refractivity contribution in [3.05, 3.63) is 52.2 Å². The minimum atomic E-state index is -0.534. The summed E-state index contributed by atoms with van der Waals surface area (Å²) in [6.07, 6.45) is 1.23. The summed E-state index contributed by atoms with van der Waals surface area (Å²) >= 11 is 0. The van der Waals surface area contributed by atoms with Gasteiger partial charge < -0.3 is 5.32 Å². The van der Waals surface area contributed by atoms with Crippen LogP contribution in [0.15, 0.2) is 35.3 Å². The van der Waals surface area contributed by atoms with Crippen molar-refractivity contribution in [3.63, 3.8) is 0 Å². The second kappa shape index (κ2) is 5.58. The summed E-state index contributed by atoms with van der Waals surface area (Å²) in [6, 6.07) is 5.21. The molecule has 3 rings (SSSR count). The number of carbonyl (C=O) groups is 1. The number of hydrogen-bond acceptors (Lipinski definition) is 3. The van der Waals surface area contributed by atoms with Crippen molar-refractivity contribution < 1.29 is 4.79 Å². The Hall–Kier alpha value is -2.43. The van der Waals surface area contributed by atoms with Gasteiger partial charge in [0.2, 0.25) is 5.91 Å². The highest BCUT2D eigenvalue weighted by molar-refractivity contribution is 5.85. The van der Waals surface area contributed by atoms with E-state index >= 15 is 0 Å². The highest BCUT2D eigenvalue weighted by Crippen LogP contribution is 2.29. The molecule has 1 N–H and O–H groups in total. The maximum atomic E-state index is 13.3. The number of carbonyl (C=O) groups excluding carboxylic acids is 1. The fourth-order valence-corrected chi connectivity index (χ4v) is 3.35. The summed E-state index contributed by atoms with van der Waals surface area (Å²) in [7, 11) is 0. The van der Waals surface area contributed by atoms with Gasteiger partial charge in [-0.25, -0.2) is 4.98 Å². The molecule has 24 heavy (non-hydrogen) atoms. The second-order valence-electron chi connectivity index (χ2n) is 7.43. The van der Waals surface area contributed by atoms with Gasteiger partial charge in [-0.1, -0.05) is 39.5 Å². The van der Waals surface area contributed by atoms with Crippen LogP contribution in [0.5, 0.6) is 0 Å². The van der Waals surface area contributed by atoms with E-state index in [1.54, 1.807) is 11.5 Å². The van der Waals surface area contributed by atoms with Crippen LogP contribution in [0.25, 0.3) is 10.9 Å². The molecule has 1 fully saturated rings. The molecule has 2 heterocycles. The standard InChI is InChI=1S/C19H23N3O2/c1-11-9-10-15(17(23)20-11)22-12(2)21-14-8-6-7-13(19(3,4)5)16(14)18(22)24/h6-8,15H,1,9-10H2,2-5H3,(H,20,23). The highest BCUT2D eigenvalue weighted by Gasteiger charge is 2.29. The van der Waals surface area contributed by atoms with Crippen molar-refractivity contribution in [1.29, 1.82) is 0 Å². The maximum absolute atomic E-state index is 13.3. The van der Waals surface area contributed by atoms with Gasteiger partial charge in [0.05, 0.1) is 10.9 Å². The first-order chi connectivity index (χ1) is 11.2. The topological polar surface area (TPSA) is 64.0 Å². The molecule has 1 aliphatic rings. The lowest BCUT2D eigenvalue weighted by Crippen LogP contribution is -2.41. The molecule has 0 radical (unpaired) electrons. The Morgan fingerprint density at radius 2 is 2.00 bits per heavy atom.